The molecule has 1 saturated heterocycles. The lowest BCUT2D eigenvalue weighted by Crippen LogP contribution is -2.36. The van der Waals surface area contributed by atoms with Crippen molar-refractivity contribution in [2.45, 2.75) is 38.6 Å². The summed E-state index contributed by atoms with van der Waals surface area (Å²) in [7, 11) is 0. The number of ether oxygens (including phenoxy) is 1. The minimum Gasteiger partial charge on any atom is -0.481 e. The van der Waals surface area contributed by atoms with Crippen LogP contribution in [0.2, 0.25) is 0 Å². The molecule has 0 bridgehead atoms. The number of aromatic nitrogens is 2. The SMILES string of the molecule is CC(=O)O.OC[C@@H]1CCC[C@@H](n2ccnc2-c2ccc(N3CCOCC3)cc2)C1. The number of hydrogen-bond acceptors (Lipinski definition) is 5. The second kappa shape index (κ2) is 10.4. The van der Waals surface area contributed by atoms with Crippen LogP contribution in [0.5, 0.6) is 0 Å². The van der Waals surface area contributed by atoms with Crippen LogP contribution in [-0.4, -0.2) is 58.6 Å². The van der Waals surface area contributed by atoms with Gasteiger partial charge in [0.05, 0.1) is 13.2 Å². The van der Waals surface area contributed by atoms with E-state index in [1.54, 1.807) is 0 Å². The van der Waals surface area contributed by atoms with Crippen molar-refractivity contribution in [3.8, 4) is 11.4 Å². The Kier molecular flexibility index (Phi) is 7.66. The molecule has 2 fully saturated rings. The Morgan fingerprint density at radius 2 is 1.90 bits per heavy atom. The topological polar surface area (TPSA) is 87.8 Å². The summed E-state index contributed by atoms with van der Waals surface area (Å²) in [4.78, 5) is 16.0. The molecular formula is C22H31N3O4. The van der Waals surface area contributed by atoms with Crippen LogP contribution in [0.1, 0.15) is 38.6 Å². The molecule has 2 heterocycles. The Balaban J connectivity index is 0.000000552. The first-order valence-corrected chi connectivity index (χ1v) is 10.3. The zero-order valence-corrected chi connectivity index (χ0v) is 17.0. The number of nitrogens with zero attached hydrogens (tertiary/aromatic N) is 3. The minimum absolute atomic E-state index is 0.300. The number of carboxylic acids is 1. The lowest BCUT2D eigenvalue weighted by atomic mass is 9.86. The molecule has 2 aliphatic rings. The Morgan fingerprint density at radius 1 is 1.21 bits per heavy atom. The molecule has 4 rings (SSSR count). The molecule has 1 aliphatic carbocycles. The number of aliphatic hydroxyl groups is 1. The fourth-order valence-electron chi connectivity index (χ4n) is 4.16. The highest BCUT2D eigenvalue weighted by Gasteiger charge is 2.24. The fourth-order valence-corrected chi connectivity index (χ4v) is 4.16. The molecule has 2 aromatic rings. The van der Waals surface area contributed by atoms with Gasteiger partial charge in [-0.25, -0.2) is 4.98 Å². The van der Waals surface area contributed by atoms with Crippen molar-refractivity contribution in [2.75, 3.05) is 37.8 Å². The summed E-state index contributed by atoms with van der Waals surface area (Å²) in [5.74, 6) is 0.634. The van der Waals surface area contributed by atoms with E-state index in [0.29, 0.717) is 18.6 Å². The van der Waals surface area contributed by atoms with Crippen molar-refractivity contribution >= 4 is 11.7 Å². The third-order valence-corrected chi connectivity index (χ3v) is 5.58. The molecule has 1 saturated carbocycles. The summed E-state index contributed by atoms with van der Waals surface area (Å²) in [6, 6.07) is 9.18. The van der Waals surface area contributed by atoms with Gasteiger partial charge in [-0.3, -0.25) is 4.79 Å². The van der Waals surface area contributed by atoms with E-state index in [9.17, 15) is 5.11 Å². The Bertz CT molecular complexity index is 765. The minimum atomic E-state index is -0.833. The van der Waals surface area contributed by atoms with Crippen LogP contribution in [0.25, 0.3) is 11.4 Å². The van der Waals surface area contributed by atoms with Crippen LogP contribution in [0.3, 0.4) is 0 Å². The molecule has 158 valence electrons. The zero-order valence-electron chi connectivity index (χ0n) is 17.0. The smallest absolute Gasteiger partial charge is 0.300 e. The van der Waals surface area contributed by atoms with Crippen LogP contribution in [0, 0.1) is 5.92 Å². The molecule has 7 nitrogen and oxygen atoms in total. The standard InChI is InChI=1S/C20H27N3O2.C2H4O2/c24-15-16-2-1-3-19(14-16)23-9-8-21-20(23)17-4-6-18(7-5-17)22-10-12-25-13-11-22;1-2(3)4/h4-9,16,19,24H,1-3,10-15H2;1H3,(H,3,4)/t16-,19-;/m1./s1. The predicted octanol–water partition coefficient (Wildman–Crippen LogP) is 3.20. The number of aliphatic carboxylic acids is 1. The van der Waals surface area contributed by atoms with Gasteiger partial charge in [-0.15, -0.1) is 0 Å². The number of benzene rings is 1. The first kappa shape index (κ1) is 21.3. The molecule has 1 aliphatic heterocycles. The quantitative estimate of drug-likeness (QED) is 0.818. The largest absolute Gasteiger partial charge is 0.481 e. The molecule has 7 heteroatoms. The average molecular weight is 402 g/mol. The molecule has 2 N–H and O–H groups in total. The Labute approximate surface area is 171 Å². The molecule has 2 atom stereocenters. The number of morpholine rings is 1. The van der Waals surface area contributed by atoms with Crippen molar-refractivity contribution in [3.05, 3.63) is 36.7 Å². The highest BCUT2D eigenvalue weighted by molar-refractivity contribution is 5.63. The van der Waals surface area contributed by atoms with Crippen LogP contribution in [0.4, 0.5) is 5.69 Å². The molecule has 0 radical (unpaired) electrons. The van der Waals surface area contributed by atoms with Crippen LogP contribution >= 0.6 is 0 Å². The first-order valence-electron chi connectivity index (χ1n) is 10.3. The highest BCUT2D eigenvalue weighted by atomic mass is 16.5. The molecular weight excluding hydrogens is 370 g/mol. The number of carbonyl (C=O) groups is 1. The Hall–Kier alpha value is -2.38. The van der Waals surface area contributed by atoms with Crippen molar-refractivity contribution in [1.82, 2.24) is 9.55 Å². The van der Waals surface area contributed by atoms with E-state index in [4.69, 9.17) is 14.6 Å². The lowest BCUT2D eigenvalue weighted by Gasteiger charge is -2.30. The summed E-state index contributed by atoms with van der Waals surface area (Å²) in [6.45, 7) is 4.91. The first-order chi connectivity index (χ1) is 14.1. The summed E-state index contributed by atoms with van der Waals surface area (Å²) < 4.78 is 7.74. The molecule has 1 aromatic carbocycles. The maximum atomic E-state index is 9.51. The number of hydrogen-bond donors (Lipinski definition) is 2. The molecule has 0 unspecified atom stereocenters. The normalized spacial score (nSPS) is 21.9. The molecule has 29 heavy (non-hydrogen) atoms. The summed E-state index contributed by atoms with van der Waals surface area (Å²) in [5, 5.41) is 16.9. The van der Waals surface area contributed by atoms with Gasteiger partial charge in [-0.2, -0.15) is 0 Å². The number of anilines is 1. The second-order valence-corrected chi connectivity index (χ2v) is 7.69. The van der Waals surface area contributed by atoms with Gasteiger partial charge < -0.3 is 24.4 Å². The van der Waals surface area contributed by atoms with Crippen LogP contribution in [0.15, 0.2) is 36.7 Å². The maximum absolute atomic E-state index is 9.51. The Morgan fingerprint density at radius 3 is 2.55 bits per heavy atom. The van der Waals surface area contributed by atoms with Crippen molar-refractivity contribution < 1.29 is 19.7 Å². The number of aliphatic hydroxyl groups excluding tert-OH is 1. The maximum Gasteiger partial charge on any atom is 0.300 e. The average Bonchev–Trinajstić information content (AvgIpc) is 3.24. The van der Waals surface area contributed by atoms with Gasteiger partial charge in [0.25, 0.3) is 5.97 Å². The fraction of sp³-hybridized carbons (Fsp3) is 0.545. The van der Waals surface area contributed by atoms with E-state index >= 15 is 0 Å². The van der Waals surface area contributed by atoms with Crippen molar-refractivity contribution in [1.29, 1.82) is 0 Å². The predicted molar refractivity (Wildman–Crippen MR) is 112 cm³/mol. The molecule has 0 spiro atoms. The van der Waals surface area contributed by atoms with E-state index in [-0.39, 0.29) is 0 Å². The van der Waals surface area contributed by atoms with E-state index in [0.717, 1.165) is 57.5 Å². The van der Waals surface area contributed by atoms with E-state index in [1.165, 1.54) is 18.5 Å². The van der Waals surface area contributed by atoms with Gasteiger partial charge in [0.15, 0.2) is 0 Å². The number of carboxylic acid groups (broad SMARTS) is 1. The number of rotatable bonds is 4. The third-order valence-electron chi connectivity index (χ3n) is 5.58. The molecule has 0 amide bonds. The van der Waals surface area contributed by atoms with E-state index in [1.807, 2.05) is 6.20 Å². The van der Waals surface area contributed by atoms with E-state index < -0.39 is 5.97 Å². The van der Waals surface area contributed by atoms with Gasteiger partial charge >= 0.3 is 0 Å². The summed E-state index contributed by atoms with van der Waals surface area (Å²) >= 11 is 0. The third kappa shape index (κ3) is 5.81. The zero-order chi connectivity index (χ0) is 20.6. The van der Waals surface area contributed by atoms with Crippen LogP contribution in [-0.2, 0) is 9.53 Å². The van der Waals surface area contributed by atoms with E-state index in [2.05, 4.69) is 44.9 Å². The van der Waals surface area contributed by atoms with Gasteiger partial charge in [0.2, 0.25) is 0 Å². The summed E-state index contributed by atoms with van der Waals surface area (Å²) in [6.07, 6.45) is 8.54. The van der Waals surface area contributed by atoms with Crippen molar-refractivity contribution in [3.63, 3.8) is 0 Å². The summed E-state index contributed by atoms with van der Waals surface area (Å²) in [5.41, 5.74) is 2.41. The van der Waals surface area contributed by atoms with Gasteiger partial charge in [-0.05, 0) is 49.4 Å². The van der Waals surface area contributed by atoms with Gasteiger partial charge in [-0.1, -0.05) is 6.42 Å². The highest BCUT2D eigenvalue weighted by Crippen LogP contribution is 2.35. The van der Waals surface area contributed by atoms with Crippen LogP contribution < -0.4 is 4.90 Å². The van der Waals surface area contributed by atoms with Crippen molar-refractivity contribution in [2.24, 2.45) is 5.92 Å². The monoisotopic (exact) mass is 401 g/mol. The van der Waals surface area contributed by atoms with Gasteiger partial charge in [0, 0.05) is 56.3 Å². The number of imidazole rings is 1. The lowest BCUT2D eigenvalue weighted by molar-refractivity contribution is -0.134. The van der Waals surface area contributed by atoms with Gasteiger partial charge in [0.1, 0.15) is 5.82 Å². The second-order valence-electron chi connectivity index (χ2n) is 7.69. The molecule has 1 aromatic heterocycles.